The van der Waals surface area contributed by atoms with Crippen molar-refractivity contribution in [3.8, 4) is 0 Å². The van der Waals surface area contributed by atoms with Crippen molar-refractivity contribution < 1.29 is 0 Å². The molecule has 2 heteroatoms. The van der Waals surface area contributed by atoms with Gasteiger partial charge in [0.2, 0.25) is 0 Å². The Balaban J connectivity index is 1.93. The number of benzene rings is 3. The lowest BCUT2D eigenvalue weighted by Gasteiger charge is -2.13. The van der Waals surface area contributed by atoms with Crippen molar-refractivity contribution in [3.63, 3.8) is 0 Å². The van der Waals surface area contributed by atoms with Gasteiger partial charge in [-0.2, -0.15) is 0 Å². The largest absolute Gasteiger partial charge is 0.103 e. The first kappa shape index (κ1) is 16.0. The summed E-state index contributed by atoms with van der Waals surface area (Å²) in [6, 6.07) is 27.6. The van der Waals surface area contributed by atoms with Crippen LogP contribution in [0.2, 0.25) is 0 Å². The van der Waals surface area contributed by atoms with Crippen LogP contribution in [0.4, 0.5) is 0 Å². The predicted octanol–water partition coefficient (Wildman–Crippen LogP) is 6.72. The van der Waals surface area contributed by atoms with Crippen molar-refractivity contribution in [1.29, 1.82) is 0 Å². The van der Waals surface area contributed by atoms with Crippen molar-refractivity contribution in [3.05, 3.63) is 97.1 Å². The molecule has 0 aliphatic carbocycles. The van der Waals surface area contributed by atoms with E-state index in [2.05, 4.69) is 85.4 Å². The lowest BCUT2D eigenvalue weighted by Crippen LogP contribution is -1.90. The molecule has 0 aliphatic rings. The van der Waals surface area contributed by atoms with Gasteiger partial charge in [0.15, 0.2) is 0 Å². The van der Waals surface area contributed by atoms with Gasteiger partial charge in [-0.15, -0.1) is 6.58 Å². The highest BCUT2D eigenvalue weighted by molar-refractivity contribution is 8.00. The first-order valence-corrected chi connectivity index (χ1v) is 9.18. The molecule has 3 aromatic carbocycles. The van der Waals surface area contributed by atoms with E-state index < -0.39 is 0 Å². The molecule has 0 aromatic heterocycles. The fourth-order valence-corrected chi connectivity index (χ4v) is 4.40. The molecular formula is C21H18S2. The Morgan fingerprint density at radius 1 is 0.652 bits per heavy atom. The van der Waals surface area contributed by atoms with E-state index in [9.17, 15) is 0 Å². The van der Waals surface area contributed by atoms with Crippen LogP contribution in [-0.4, -0.2) is 0 Å². The van der Waals surface area contributed by atoms with E-state index >= 15 is 0 Å². The normalized spacial score (nSPS) is 10.4. The highest BCUT2D eigenvalue weighted by atomic mass is 32.2. The third kappa shape index (κ3) is 4.31. The Hall–Kier alpha value is -1.90. The summed E-state index contributed by atoms with van der Waals surface area (Å²) in [5.74, 6) is 0. The van der Waals surface area contributed by atoms with E-state index in [0.717, 1.165) is 6.42 Å². The second-order valence-corrected chi connectivity index (χ2v) is 7.29. The molecule has 114 valence electrons. The molecule has 0 spiro atoms. The van der Waals surface area contributed by atoms with Gasteiger partial charge in [0.25, 0.3) is 0 Å². The zero-order valence-electron chi connectivity index (χ0n) is 12.8. The summed E-state index contributed by atoms with van der Waals surface area (Å²) >= 11 is 3.64. The molecule has 0 N–H and O–H groups in total. The summed E-state index contributed by atoms with van der Waals surface area (Å²) in [4.78, 5) is 5.13. The molecule has 0 amide bonds. The molecule has 3 rings (SSSR count). The number of allylic oxidation sites excluding steroid dienone is 1. The Labute approximate surface area is 146 Å². The van der Waals surface area contributed by atoms with Crippen LogP contribution in [0, 0.1) is 0 Å². The third-order valence-corrected chi connectivity index (χ3v) is 5.60. The van der Waals surface area contributed by atoms with E-state index in [1.54, 1.807) is 0 Å². The molecule has 0 saturated carbocycles. The smallest absolute Gasteiger partial charge is 0.0168 e. The van der Waals surface area contributed by atoms with Crippen LogP contribution in [-0.2, 0) is 6.42 Å². The maximum atomic E-state index is 3.93. The second kappa shape index (κ2) is 8.09. The number of hydrogen-bond donors (Lipinski definition) is 0. The van der Waals surface area contributed by atoms with Gasteiger partial charge in [0.05, 0.1) is 0 Å². The van der Waals surface area contributed by atoms with E-state index in [1.165, 1.54) is 25.1 Å². The fourth-order valence-electron chi connectivity index (χ4n) is 2.31. The summed E-state index contributed by atoms with van der Waals surface area (Å²) in [5, 5.41) is 0. The molecule has 0 radical (unpaired) electrons. The monoisotopic (exact) mass is 334 g/mol. The average Bonchev–Trinajstić information content (AvgIpc) is 2.60. The van der Waals surface area contributed by atoms with Gasteiger partial charge < -0.3 is 0 Å². The molecule has 3 aromatic rings. The lowest BCUT2D eigenvalue weighted by atomic mass is 10.1. The molecule has 0 nitrogen and oxygen atoms in total. The van der Waals surface area contributed by atoms with E-state index in [-0.39, 0.29) is 0 Å². The molecular weight excluding hydrogens is 316 g/mol. The van der Waals surface area contributed by atoms with Crippen LogP contribution < -0.4 is 0 Å². The average molecular weight is 335 g/mol. The third-order valence-electron chi connectivity index (χ3n) is 3.38. The highest BCUT2D eigenvalue weighted by Crippen LogP contribution is 2.38. The SMILES string of the molecule is C=CCc1c(Sc2ccccc2)cccc1Sc1ccccc1. The van der Waals surface area contributed by atoms with Gasteiger partial charge in [-0.25, -0.2) is 0 Å². The first-order valence-electron chi connectivity index (χ1n) is 7.55. The topological polar surface area (TPSA) is 0 Å². The van der Waals surface area contributed by atoms with Gasteiger partial charge in [0, 0.05) is 19.6 Å². The summed E-state index contributed by atoms with van der Waals surface area (Å²) in [7, 11) is 0. The Morgan fingerprint density at radius 2 is 1.13 bits per heavy atom. The Bertz CT molecular complexity index is 705. The highest BCUT2D eigenvalue weighted by Gasteiger charge is 2.10. The molecule has 0 aliphatic heterocycles. The molecule has 0 saturated heterocycles. The quantitative estimate of drug-likeness (QED) is 0.459. The number of rotatable bonds is 6. The predicted molar refractivity (Wildman–Crippen MR) is 101 cm³/mol. The summed E-state index contributed by atoms with van der Waals surface area (Å²) < 4.78 is 0. The maximum absolute atomic E-state index is 3.93. The van der Waals surface area contributed by atoms with Crippen molar-refractivity contribution in [1.82, 2.24) is 0 Å². The summed E-state index contributed by atoms with van der Waals surface area (Å²) in [5.41, 5.74) is 1.35. The van der Waals surface area contributed by atoms with Gasteiger partial charge in [-0.3, -0.25) is 0 Å². The first-order chi connectivity index (χ1) is 11.4. The van der Waals surface area contributed by atoms with Crippen LogP contribution >= 0.6 is 23.5 Å². The van der Waals surface area contributed by atoms with Gasteiger partial charge in [-0.1, -0.05) is 72.1 Å². The lowest BCUT2D eigenvalue weighted by molar-refractivity contribution is 1.10. The van der Waals surface area contributed by atoms with Crippen molar-refractivity contribution >= 4 is 23.5 Å². The Kier molecular flexibility index (Phi) is 5.62. The standard InChI is InChI=1S/C21H18S2/c1-2-10-19-20(22-17-11-5-3-6-12-17)15-9-16-21(19)23-18-13-7-4-8-14-18/h2-9,11-16H,1,10H2. The van der Waals surface area contributed by atoms with Crippen LogP contribution in [0.1, 0.15) is 5.56 Å². The van der Waals surface area contributed by atoms with Gasteiger partial charge >= 0.3 is 0 Å². The molecule has 0 bridgehead atoms. The van der Waals surface area contributed by atoms with Crippen molar-refractivity contribution in [2.24, 2.45) is 0 Å². The minimum atomic E-state index is 0.880. The Morgan fingerprint density at radius 3 is 1.57 bits per heavy atom. The molecule has 0 fully saturated rings. The van der Waals surface area contributed by atoms with Crippen LogP contribution in [0.15, 0.2) is 111 Å². The minimum Gasteiger partial charge on any atom is -0.103 e. The van der Waals surface area contributed by atoms with Crippen molar-refractivity contribution in [2.75, 3.05) is 0 Å². The minimum absolute atomic E-state index is 0.880. The zero-order chi connectivity index (χ0) is 15.9. The van der Waals surface area contributed by atoms with E-state index in [1.807, 2.05) is 29.6 Å². The molecule has 0 heterocycles. The zero-order valence-corrected chi connectivity index (χ0v) is 14.4. The maximum Gasteiger partial charge on any atom is 0.0168 e. The molecule has 23 heavy (non-hydrogen) atoms. The number of hydrogen-bond acceptors (Lipinski definition) is 2. The van der Waals surface area contributed by atoms with E-state index in [0.29, 0.717) is 0 Å². The van der Waals surface area contributed by atoms with E-state index in [4.69, 9.17) is 0 Å². The molecule has 0 unspecified atom stereocenters. The van der Waals surface area contributed by atoms with Crippen LogP contribution in [0.5, 0.6) is 0 Å². The molecule has 0 atom stereocenters. The van der Waals surface area contributed by atoms with Crippen molar-refractivity contribution in [2.45, 2.75) is 26.0 Å². The fraction of sp³-hybridized carbons (Fsp3) is 0.0476. The summed E-state index contributed by atoms with van der Waals surface area (Å²) in [6.07, 6.45) is 2.87. The second-order valence-electron chi connectivity index (χ2n) is 5.06. The van der Waals surface area contributed by atoms with Gasteiger partial charge in [0.1, 0.15) is 0 Å². The van der Waals surface area contributed by atoms with Crippen LogP contribution in [0.3, 0.4) is 0 Å². The van der Waals surface area contributed by atoms with Gasteiger partial charge in [-0.05, 0) is 48.4 Å². The summed E-state index contributed by atoms with van der Waals surface area (Å²) in [6.45, 7) is 3.93. The van der Waals surface area contributed by atoms with Crippen LogP contribution in [0.25, 0.3) is 0 Å².